The molecule has 0 spiro atoms. The molecule has 0 aliphatic carbocycles. The van der Waals surface area contributed by atoms with Gasteiger partial charge in [-0.25, -0.2) is 0 Å². The Balaban J connectivity index is 1.35. The molecule has 0 saturated heterocycles. The van der Waals surface area contributed by atoms with Gasteiger partial charge in [0.15, 0.2) is 0 Å². The zero-order chi connectivity index (χ0) is 20.3. The fraction of sp³-hybridized carbons (Fsp3) is 0.167. The van der Waals surface area contributed by atoms with E-state index in [1.54, 1.807) is 23.9 Å². The van der Waals surface area contributed by atoms with Gasteiger partial charge in [-0.05, 0) is 28.8 Å². The third kappa shape index (κ3) is 6.80. The van der Waals surface area contributed by atoms with Crippen molar-refractivity contribution in [1.29, 1.82) is 0 Å². The number of carbonyl (C=O) groups excluding carboxylic acids is 2. The van der Waals surface area contributed by atoms with E-state index in [0.717, 1.165) is 22.6 Å². The average Bonchev–Trinajstić information content (AvgIpc) is 2.78. The summed E-state index contributed by atoms with van der Waals surface area (Å²) in [5.74, 6) is 1.32. The molecule has 2 N–H and O–H groups in total. The fourth-order valence-corrected chi connectivity index (χ4v) is 3.62. The summed E-state index contributed by atoms with van der Waals surface area (Å²) in [6, 6.07) is 27.6. The van der Waals surface area contributed by atoms with Crippen molar-refractivity contribution < 1.29 is 9.59 Å². The highest BCUT2D eigenvalue weighted by Gasteiger charge is 2.08. The summed E-state index contributed by atoms with van der Waals surface area (Å²) in [6.07, 6.45) is 0. The number of thioether (sulfide) groups is 1. The molecule has 148 valence electrons. The quantitative estimate of drug-likeness (QED) is 0.527. The average molecular weight is 405 g/mol. The Kier molecular flexibility index (Phi) is 7.90. The summed E-state index contributed by atoms with van der Waals surface area (Å²) in [6.45, 7) is 0.556. The molecule has 3 aromatic carbocycles. The minimum absolute atomic E-state index is 0.0252. The SMILES string of the molecule is O=C(CNC(=O)c1ccc(-c2ccccc2)cc1)NCCSCc1ccccc1. The largest absolute Gasteiger partial charge is 0.354 e. The van der Waals surface area contributed by atoms with Crippen LogP contribution >= 0.6 is 11.8 Å². The summed E-state index contributed by atoms with van der Waals surface area (Å²) in [7, 11) is 0. The fourth-order valence-electron chi connectivity index (χ4n) is 2.80. The highest BCUT2D eigenvalue weighted by Crippen LogP contribution is 2.19. The van der Waals surface area contributed by atoms with Crippen LogP contribution in [0.2, 0.25) is 0 Å². The number of hydrogen-bond donors (Lipinski definition) is 2. The van der Waals surface area contributed by atoms with Crippen molar-refractivity contribution in [3.05, 3.63) is 96.1 Å². The number of benzene rings is 3. The first-order valence-corrected chi connectivity index (χ1v) is 10.7. The van der Waals surface area contributed by atoms with Gasteiger partial charge in [-0.15, -0.1) is 0 Å². The third-order valence-electron chi connectivity index (χ3n) is 4.34. The molecule has 0 saturated carbocycles. The molecule has 0 aliphatic rings. The van der Waals surface area contributed by atoms with Crippen LogP contribution < -0.4 is 10.6 Å². The minimum atomic E-state index is -0.252. The Hall–Kier alpha value is -3.05. The van der Waals surface area contributed by atoms with Gasteiger partial charge in [0, 0.05) is 23.6 Å². The predicted molar refractivity (Wildman–Crippen MR) is 120 cm³/mol. The topological polar surface area (TPSA) is 58.2 Å². The number of hydrogen-bond acceptors (Lipinski definition) is 3. The zero-order valence-corrected chi connectivity index (χ0v) is 17.0. The van der Waals surface area contributed by atoms with Crippen LogP contribution in [-0.4, -0.2) is 30.7 Å². The first-order valence-electron chi connectivity index (χ1n) is 9.54. The molecule has 0 aromatic heterocycles. The van der Waals surface area contributed by atoms with Crippen molar-refractivity contribution >= 4 is 23.6 Å². The van der Waals surface area contributed by atoms with E-state index in [2.05, 4.69) is 22.8 Å². The van der Waals surface area contributed by atoms with E-state index in [9.17, 15) is 9.59 Å². The lowest BCUT2D eigenvalue weighted by molar-refractivity contribution is -0.120. The van der Waals surface area contributed by atoms with Crippen LogP contribution in [-0.2, 0) is 10.5 Å². The molecule has 29 heavy (non-hydrogen) atoms. The normalized spacial score (nSPS) is 10.3. The van der Waals surface area contributed by atoms with E-state index in [1.165, 1.54) is 5.56 Å². The Morgan fingerprint density at radius 1 is 0.724 bits per heavy atom. The first kappa shape index (κ1) is 20.7. The summed E-state index contributed by atoms with van der Waals surface area (Å²) >= 11 is 1.77. The third-order valence-corrected chi connectivity index (χ3v) is 5.37. The number of nitrogens with one attached hydrogen (secondary N) is 2. The van der Waals surface area contributed by atoms with Crippen LogP contribution in [0.15, 0.2) is 84.9 Å². The van der Waals surface area contributed by atoms with Gasteiger partial charge < -0.3 is 10.6 Å². The van der Waals surface area contributed by atoms with E-state index in [0.29, 0.717) is 12.1 Å². The van der Waals surface area contributed by atoms with E-state index in [-0.39, 0.29) is 18.4 Å². The van der Waals surface area contributed by atoms with Gasteiger partial charge >= 0.3 is 0 Å². The molecule has 0 fully saturated rings. The van der Waals surface area contributed by atoms with Crippen molar-refractivity contribution in [2.75, 3.05) is 18.8 Å². The van der Waals surface area contributed by atoms with Crippen molar-refractivity contribution in [3.8, 4) is 11.1 Å². The summed E-state index contributed by atoms with van der Waals surface area (Å²) < 4.78 is 0. The maximum absolute atomic E-state index is 12.2. The predicted octanol–water partition coefficient (Wildman–Crippen LogP) is 4.13. The molecule has 0 unspecified atom stereocenters. The zero-order valence-electron chi connectivity index (χ0n) is 16.1. The van der Waals surface area contributed by atoms with Gasteiger partial charge in [0.05, 0.1) is 6.54 Å². The standard InChI is InChI=1S/C24H24N2O2S/c27-23(25-15-16-29-18-19-7-3-1-4-8-19)17-26-24(28)22-13-11-21(12-14-22)20-9-5-2-6-10-20/h1-14H,15-18H2,(H,25,27)(H,26,28). The number of carbonyl (C=O) groups is 2. The smallest absolute Gasteiger partial charge is 0.251 e. The van der Waals surface area contributed by atoms with Crippen LogP contribution in [0.25, 0.3) is 11.1 Å². The Labute approximate surface area is 175 Å². The van der Waals surface area contributed by atoms with Crippen LogP contribution in [0.1, 0.15) is 15.9 Å². The molecule has 4 nitrogen and oxygen atoms in total. The number of amides is 2. The lowest BCUT2D eigenvalue weighted by Gasteiger charge is -2.08. The molecule has 3 rings (SSSR count). The van der Waals surface area contributed by atoms with Gasteiger partial charge in [0.25, 0.3) is 5.91 Å². The highest BCUT2D eigenvalue weighted by molar-refractivity contribution is 7.98. The van der Waals surface area contributed by atoms with Crippen LogP contribution in [0.4, 0.5) is 0 Å². The molecule has 2 amide bonds. The summed E-state index contributed by atoms with van der Waals surface area (Å²) in [4.78, 5) is 24.2. The van der Waals surface area contributed by atoms with E-state index in [1.807, 2.05) is 60.7 Å². The van der Waals surface area contributed by atoms with Crippen LogP contribution in [0.5, 0.6) is 0 Å². The van der Waals surface area contributed by atoms with Crippen molar-refractivity contribution in [3.63, 3.8) is 0 Å². The van der Waals surface area contributed by atoms with Gasteiger partial charge in [0.1, 0.15) is 0 Å². The van der Waals surface area contributed by atoms with Gasteiger partial charge in [-0.1, -0.05) is 72.8 Å². The maximum atomic E-state index is 12.2. The number of rotatable bonds is 9. The first-order chi connectivity index (χ1) is 14.2. The molecule has 0 bridgehead atoms. The minimum Gasteiger partial charge on any atom is -0.354 e. The van der Waals surface area contributed by atoms with E-state index >= 15 is 0 Å². The molecule has 5 heteroatoms. The van der Waals surface area contributed by atoms with E-state index < -0.39 is 0 Å². The summed E-state index contributed by atoms with van der Waals surface area (Å²) in [5.41, 5.74) is 3.96. The second-order valence-corrected chi connectivity index (χ2v) is 7.62. The maximum Gasteiger partial charge on any atom is 0.251 e. The molecular formula is C24H24N2O2S. The van der Waals surface area contributed by atoms with Crippen LogP contribution in [0, 0.1) is 0 Å². The van der Waals surface area contributed by atoms with Crippen molar-refractivity contribution in [2.24, 2.45) is 0 Å². The Morgan fingerprint density at radius 2 is 1.34 bits per heavy atom. The molecule has 3 aromatic rings. The Morgan fingerprint density at radius 3 is 2.03 bits per heavy atom. The lowest BCUT2D eigenvalue weighted by atomic mass is 10.0. The second-order valence-electron chi connectivity index (χ2n) is 6.51. The second kappa shape index (κ2) is 11.1. The van der Waals surface area contributed by atoms with Crippen LogP contribution in [0.3, 0.4) is 0 Å². The van der Waals surface area contributed by atoms with E-state index in [4.69, 9.17) is 0 Å². The van der Waals surface area contributed by atoms with Crippen molar-refractivity contribution in [1.82, 2.24) is 10.6 Å². The lowest BCUT2D eigenvalue weighted by Crippen LogP contribution is -2.37. The van der Waals surface area contributed by atoms with Gasteiger partial charge in [-0.2, -0.15) is 11.8 Å². The Bertz CT molecular complexity index is 913. The van der Waals surface area contributed by atoms with Crippen molar-refractivity contribution in [2.45, 2.75) is 5.75 Å². The highest BCUT2D eigenvalue weighted by atomic mass is 32.2. The molecule has 0 atom stereocenters. The summed E-state index contributed by atoms with van der Waals surface area (Å²) in [5, 5.41) is 5.50. The molecule has 0 heterocycles. The van der Waals surface area contributed by atoms with Gasteiger partial charge in [0.2, 0.25) is 5.91 Å². The monoisotopic (exact) mass is 404 g/mol. The van der Waals surface area contributed by atoms with Gasteiger partial charge in [-0.3, -0.25) is 9.59 Å². The molecule has 0 radical (unpaired) electrons. The molecule has 0 aliphatic heterocycles. The molecular weight excluding hydrogens is 380 g/mol.